The molecule has 2 aromatic rings. The lowest BCUT2D eigenvalue weighted by atomic mass is 9.82. The first-order valence-electron chi connectivity index (χ1n) is 8.56. The number of anilines is 1. The third kappa shape index (κ3) is 3.67. The topological polar surface area (TPSA) is 80.2 Å². The molecule has 2 fully saturated rings. The zero-order valence-corrected chi connectivity index (χ0v) is 13.9. The standard InChI is InChI=1S/C18H21N5O2/c24-18(22-17-7-19-5-6-21-17)16-12-25-11-13-8-23(10-15(13)16)9-14-3-1-2-4-20-14/h1-7,13,15-16H,8-12H2,(H,21,22,24)/t13-,15-,16-/m1/s1. The average Bonchev–Trinajstić information content (AvgIpc) is 3.05. The summed E-state index contributed by atoms with van der Waals surface area (Å²) in [6.45, 7) is 3.83. The molecule has 0 radical (unpaired) electrons. The van der Waals surface area contributed by atoms with E-state index in [4.69, 9.17) is 4.74 Å². The van der Waals surface area contributed by atoms with Gasteiger partial charge in [-0.1, -0.05) is 6.07 Å². The van der Waals surface area contributed by atoms with E-state index in [0.29, 0.717) is 24.3 Å². The van der Waals surface area contributed by atoms with Gasteiger partial charge in [-0.2, -0.15) is 0 Å². The van der Waals surface area contributed by atoms with Gasteiger partial charge in [0.2, 0.25) is 5.91 Å². The summed E-state index contributed by atoms with van der Waals surface area (Å²) in [5.41, 5.74) is 1.06. The van der Waals surface area contributed by atoms with Crippen molar-refractivity contribution in [3.8, 4) is 0 Å². The van der Waals surface area contributed by atoms with E-state index in [1.54, 1.807) is 18.6 Å². The van der Waals surface area contributed by atoms with E-state index in [-0.39, 0.29) is 11.8 Å². The predicted molar refractivity (Wildman–Crippen MR) is 91.5 cm³/mol. The van der Waals surface area contributed by atoms with E-state index in [1.165, 1.54) is 0 Å². The lowest BCUT2D eigenvalue weighted by Gasteiger charge is -2.31. The molecule has 1 amide bonds. The van der Waals surface area contributed by atoms with Crippen LogP contribution >= 0.6 is 0 Å². The van der Waals surface area contributed by atoms with Crippen molar-refractivity contribution in [2.24, 2.45) is 17.8 Å². The molecule has 4 rings (SSSR count). The Morgan fingerprint density at radius 1 is 1.20 bits per heavy atom. The fraction of sp³-hybridized carbons (Fsp3) is 0.444. The third-order valence-electron chi connectivity index (χ3n) is 4.98. The molecule has 0 aliphatic carbocycles. The Kier molecular flexibility index (Phi) is 4.67. The molecule has 2 saturated heterocycles. The van der Waals surface area contributed by atoms with Crippen LogP contribution in [0, 0.1) is 17.8 Å². The van der Waals surface area contributed by atoms with Gasteiger partial charge in [-0.25, -0.2) is 4.98 Å². The van der Waals surface area contributed by atoms with Crippen molar-refractivity contribution >= 4 is 11.7 Å². The van der Waals surface area contributed by atoms with Gasteiger partial charge in [0.05, 0.1) is 31.0 Å². The lowest BCUT2D eigenvalue weighted by Crippen LogP contribution is -2.42. The molecule has 7 heteroatoms. The number of rotatable bonds is 4. The van der Waals surface area contributed by atoms with Gasteiger partial charge in [-0.05, 0) is 24.0 Å². The first kappa shape index (κ1) is 16.1. The summed E-state index contributed by atoms with van der Waals surface area (Å²) < 4.78 is 5.71. The van der Waals surface area contributed by atoms with Crippen molar-refractivity contribution in [3.05, 3.63) is 48.7 Å². The number of carbonyl (C=O) groups excluding carboxylic acids is 1. The summed E-state index contributed by atoms with van der Waals surface area (Å²) in [5, 5.41) is 2.87. The van der Waals surface area contributed by atoms with Crippen LogP contribution in [0.15, 0.2) is 43.0 Å². The van der Waals surface area contributed by atoms with E-state index in [1.807, 2.05) is 24.4 Å². The third-order valence-corrected chi connectivity index (χ3v) is 4.98. The summed E-state index contributed by atoms with van der Waals surface area (Å²) in [4.78, 5) is 27.6. The van der Waals surface area contributed by atoms with Gasteiger partial charge in [-0.15, -0.1) is 0 Å². The molecule has 0 saturated carbocycles. The normalized spacial score (nSPS) is 26.2. The van der Waals surface area contributed by atoms with Gasteiger partial charge in [0.1, 0.15) is 0 Å². The molecule has 0 unspecified atom stereocenters. The van der Waals surface area contributed by atoms with Crippen LogP contribution in [0.1, 0.15) is 5.69 Å². The van der Waals surface area contributed by atoms with Crippen LogP contribution in [0.25, 0.3) is 0 Å². The zero-order valence-electron chi connectivity index (χ0n) is 13.9. The maximum Gasteiger partial charge on any atom is 0.231 e. The molecular weight excluding hydrogens is 318 g/mol. The number of likely N-dealkylation sites (tertiary alicyclic amines) is 1. The van der Waals surface area contributed by atoms with Gasteiger partial charge in [0.25, 0.3) is 0 Å². The summed E-state index contributed by atoms with van der Waals surface area (Å²) in [6, 6.07) is 5.97. The number of amides is 1. The van der Waals surface area contributed by atoms with E-state index in [9.17, 15) is 4.79 Å². The molecule has 130 valence electrons. The number of hydrogen-bond acceptors (Lipinski definition) is 6. The molecule has 0 aromatic carbocycles. The van der Waals surface area contributed by atoms with Crippen molar-refractivity contribution in [1.82, 2.24) is 19.9 Å². The number of aromatic nitrogens is 3. The SMILES string of the molecule is O=C(Nc1cnccn1)[C@@H]1COC[C@H]2CN(Cc3ccccn3)C[C@H]21. The second kappa shape index (κ2) is 7.25. The maximum atomic E-state index is 12.7. The van der Waals surface area contributed by atoms with Crippen molar-refractivity contribution in [2.75, 3.05) is 31.6 Å². The number of fused-ring (bicyclic) bond motifs is 1. The van der Waals surface area contributed by atoms with Crippen LogP contribution < -0.4 is 5.32 Å². The molecule has 2 aliphatic rings. The minimum atomic E-state index is -0.158. The molecule has 2 aromatic heterocycles. The van der Waals surface area contributed by atoms with Crippen LogP contribution in [0.2, 0.25) is 0 Å². The fourth-order valence-corrected chi connectivity index (χ4v) is 3.79. The molecule has 0 spiro atoms. The van der Waals surface area contributed by atoms with E-state index >= 15 is 0 Å². The summed E-state index contributed by atoms with van der Waals surface area (Å²) in [6.07, 6.45) is 6.53. The van der Waals surface area contributed by atoms with Crippen LogP contribution in [0.3, 0.4) is 0 Å². The Balaban J connectivity index is 1.41. The van der Waals surface area contributed by atoms with Crippen molar-refractivity contribution in [1.29, 1.82) is 0 Å². The maximum absolute atomic E-state index is 12.7. The number of pyridine rings is 1. The van der Waals surface area contributed by atoms with Crippen LogP contribution in [-0.2, 0) is 16.1 Å². The molecule has 1 N–H and O–H groups in total. The number of nitrogens with one attached hydrogen (secondary N) is 1. The first-order chi connectivity index (χ1) is 12.3. The Bertz CT molecular complexity index is 712. The van der Waals surface area contributed by atoms with E-state index in [0.717, 1.165) is 31.9 Å². The second-order valence-electron chi connectivity index (χ2n) is 6.66. The van der Waals surface area contributed by atoms with E-state index < -0.39 is 0 Å². The van der Waals surface area contributed by atoms with Crippen molar-refractivity contribution in [3.63, 3.8) is 0 Å². The van der Waals surface area contributed by atoms with Crippen LogP contribution in [0.4, 0.5) is 5.82 Å². The number of hydrogen-bond donors (Lipinski definition) is 1. The Morgan fingerprint density at radius 2 is 2.16 bits per heavy atom. The fourth-order valence-electron chi connectivity index (χ4n) is 3.79. The van der Waals surface area contributed by atoms with Crippen molar-refractivity contribution < 1.29 is 9.53 Å². The number of nitrogens with zero attached hydrogens (tertiary/aromatic N) is 4. The highest BCUT2D eigenvalue weighted by atomic mass is 16.5. The lowest BCUT2D eigenvalue weighted by molar-refractivity contribution is -0.128. The summed E-state index contributed by atoms with van der Waals surface area (Å²) in [5.74, 6) is 0.978. The van der Waals surface area contributed by atoms with Gasteiger partial charge in [-0.3, -0.25) is 19.7 Å². The first-order valence-corrected chi connectivity index (χ1v) is 8.56. The van der Waals surface area contributed by atoms with Crippen molar-refractivity contribution in [2.45, 2.75) is 6.54 Å². The van der Waals surface area contributed by atoms with Gasteiger partial charge < -0.3 is 10.1 Å². The largest absolute Gasteiger partial charge is 0.380 e. The molecule has 3 atom stereocenters. The van der Waals surface area contributed by atoms with Gasteiger partial charge in [0, 0.05) is 38.2 Å². The highest BCUT2D eigenvalue weighted by Crippen LogP contribution is 2.35. The summed E-state index contributed by atoms with van der Waals surface area (Å²) >= 11 is 0. The quantitative estimate of drug-likeness (QED) is 0.902. The monoisotopic (exact) mass is 339 g/mol. The minimum absolute atomic E-state index is 0.0325. The Morgan fingerprint density at radius 3 is 2.96 bits per heavy atom. The van der Waals surface area contributed by atoms with E-state index in [2.05, 4.69) is 25.2 Å². The summed E-state index contributed by atoms with van der Waals surface area (Å²) in [7, 11) is 0. The molecule has 25 heavy (non-hydrogen) atoms. The average molecular weight is 339 g/mol. The minimum Gasteiger partial charge on any atom is -0.380 e. The molecule has 0 bridgehead atoms. The highest BCUT2D eigenvalue weighted by molar-refractivity contribution is 5.92. The predicted octanol–water partition coefficient (Wildman–Crippen LogP) is 1.20. The smallest absolute Gasteiger partial charge is 0.231 e. The Hall–Kier alpha value is -2.38. The van der Waals surface area contributed by atoms with Gasteiger partial charge in [0.15, 0.2) is 5.82 Å². The molecule has 7 nitrogen and oxygen atoms in total. The number of carbonyl (C=O) groups is 1. The van der Waals surface area contributed by atoms with Crippen LogP contribution in [0.5, 0.6) is 0 Å². The molecular formula is C18H21N5O2. The molecule has 2 aliphatic heterocycles. The Labute approximate surface area is 146 Å². The molecule has 4 heterocycles. The van der Waals surface area contributed by atoms with Gasteiger partial charge >= 0.3 is 0 Å². The second-order valence-corrected chi connectivity index (χ2v) is 6.66. The van der Waals surface area contributed by atoms with Crippen LogP contribution in [-0.4, -0.2) is 52.1 Å². The number of ether oxygens (including phenoxy) is 1. The highest BCUT2D eigenvalue weighted by Gasteiger charge is 2.43. The zero-order chi connectivity index (χ0) is 17.1.